The van der Waals surface area contributed by atoms with Crippen LogP contribution in [0, 0.1) is 0 Å². The van der Waals surface area contributed by atoms with Gasteiger partial charge in [0.1, 0.15) is 0 Å². The predicted octanol–water partition coefficient (Wildman–Crippen LogP) is 2.72. The molecule has 0 saturated carbocycles. The van der Waals surface area contributed by atoms with Gasteiger partial charge < -0.3 is 10.0 Å². The second-order valence-electron chi connectivity index (χ2n) is 4.22. The Kier molecular flexibility index (Phi) is 2.86. The van der Waals surface area contributed by atoms with E-state index in [-0.39, 0.29) is 0 Å². The Morgan fingerprint density at radius 2 is 2.25 bits per heavy atom. The Bertz CT molecular complexity index is 414. The zero-order valence-corrected chi connectivity index (χ0v) is 9.73. The smallest absolute Gasteiger partial charge is 0.335 e. The highest BCUT2D eigenvalue weighted by molar-refractivity contribution is 5.89. The molecule has 0 fully saturated rings. The average Bonchev–Trinajstić information content (AvgIpc) is 2.65. The molecule has 3 nitrogen and oxygen atoms in total. The first-order valence-electron chi connectivity index (χ1n) is 5.79. The van der Waals surface area contributed by atoms with Crippen molar-refractivity contribution in [2.75, 3.05) is 18.0 Å². The molecule has 2 rings (SSSR count). The summed E-state index contributed by atoms with van der Waals surface area (Å²) in [5.74, 6) is -0.295. The molecule has 1 aliphatic heterocycles. The van der Waals surface area contributed by atoms with Crippen molar-refractivity contribution < 1.29 is 9.90 Å². The number of aromatic carboxylic acids is 1. The van der Waals surface area contributed by atoms with Crippen molar-refractivity contribution in [3.05, 3.63) is 29.3 Å². The topological polar surface area (TPSA) is 40.5 Å². The number of nitrogens with zero attached hydrogens (tertiary/aromatic N) is 1. The number of carboxylic acid groups (broad SMARTS) is 1. The maximum Gasteiger partial charge on any atom is 0.335 e. The molecule has 0 spiro atoms. The highest BCUT2D eigenvalue weighted by atomic mass is 16.4. The van der Waals surface area contributed by atoms with Crippen LogP contribution in [0.15, 0.2) is 18.2 Å². The number of anilines is 1. The molecule has 1 heterocycles. The van der Waals surface area contributed by atoms with Gasteiger partial charge in [0.25, 0.3) is 0 Å². The predicted molar refractivity (Wildman–Crippen MR) is 64.3 cm³/mol. The SMILES string of the molecule is CCC1CN(CC)c2cc(C(=O)O)ccc21. The molecule has 1 aliphatic rings. The summed E-state index contributed by atoms with van der Waals surface area (Å²) < 4.78 is 0. The molecule has 86 valence electrons. The first kappa shape index (κ1) is 11.0. The molecule has 1 unspecified atom stereocenters. The van der Waals surface area contributed by atoms with Crippen LogP contribution in [0.2, 0.25) is 0 Å². The van der Waals surface area contributed by atoms with E-state index in [1.807, 2.05) is 6.07 Å². The van der Waals surface area contributed by atoms with Gasteiger partial charge in [-0.2, -0.15) is 0 Å². The summed E-state index contributed by atoms with van der Waals surface area (Å²) in [5.41, 5.74) is 2.79. The van der Waals surface area contributed by atoms with Crippen LogP contribution < -0.4 is 4.90 Å². The second kappa shape index (κ2) is 4.16. The lowest BCUT2D eigenvalue weighted by atomic mass is 9.98. The summed E-state index contributed by atoms with van der Waals surface area (Å²) in [7, 11) is 0. The molecule has 0 saturated heterocycles. The van der Waals surface area contributed by atoms with Crippen molar-refractivity contribution in [1.82, 2.24) is 0 Å². The molecule has 0 aromatic heterocycles. The molecular formula is C13H17NO2. The van der Waals surface area contributed by atoms with Crippen LogP contribution in [0.1, 0.15) is 42.1 Å². The van der Waals surface area contributed by atoms with E-state index >= 15 is 0 Å². The first-order valence-corrected chi connectivity index (χ1v) is 5.79. The number of hydrogen-bond donors (Lipinski definition) is 1. The zero-order valence-electron chi connectivity index (χ0n) is 9.73. The summed E-state index contributed by atoms with van der Waals surface area (Å²) in [6.45, 7) is 6.24. The summed E-state index contributed by atoms with van der Waals surface area (Å²) in [6, 6.07) is 5.49. The number of carbonyl (C=O) groups is 1. The van der Waals surface area contributed by atoms with E-state index in [0.717, 1.165) is 25.2 Å². The molecule has 0 aliphatic carbocycles. The van der Waals surface area contributed by atoms with Crippen LogP contribution in [-0.2, 0) is 0 Å². The van der Waals surface area contributed by atoms with E-state index in [9.17, 15) is 4.79 Å². The number of benzene rings is 1. The number of hydrogen-bond acceptors (Lipinski definition) is 2. The molecule has 1 atom stereocenters. The molecule has 1 aromatic rings. The van der Waals surface area contributed by atoms with E-state index < -0.39 is 5.97 Å². The highest BCUT2D eigenvalue weighted by Crippen LogP contribution is 2.38. The van der Waals surface area contributed by atoms with E-state index in [2.05, 4.69) is 18.7 Å². The fourth-order valence-corrected chi connectivity index (χ4v) is 2.41. The summed E-state index contributed by atoms with van der Waals surface area (Å²) in [4.78, 5) is 13.2. The molecule has 3 heteroatoms. The van der Waals surface area contributed by atoms with Gasteiger partial charge in [0, 0.05) is 24.7 Å². The van der Waals surface area contributed by atoms with E-state index in [4.69, 9.17) is 5.11 Å². The van der Waals surface area contributed by atoms with Gasteiger partial charge in [-0.3, -0.25) is 0 Å². The number of fused-ring (bicyclic) bond motifs is 1. The normalized spacial score (nSPS) is 18.6. The van der Waals surface area contributed by atoms with Gasteiger partial charge in [-0.05, 0) is 31.0 Å². The molecule has 0 radical (unpaired) electrons. The maximum absolute atomic E-state index is 10.9. The number of likely N-dealkylation sites (N-methyl/N-ethyl adjacent to an activating group) is 1. The average molecular weight is 219 g/mol. The van der Waals surface area contributed by atoms with E-state index in [1.54, 1.807) is 12.1 Å². The lowest BCUT2D eigenvalue weighted by Gasteiger charge is -2.17. The molecule has 0 amide bonds. The van der Waals surface area contributed by atoms with Crippen LogP contribution in [0.5, 0.6) is 0 Å². The first-order chi connectivity index (χ1) is 7.67. The molecule has 0 bridgehead atoms. The molecule has 1 N–H and O–H groups in total. The second-order valence-corrected chi connectivity index (χ2v) is 4.22. The monoisotopic (exact) mass is 219 g/mol. The van der Waals surface area contributed by atoms with Crippen molar-refractivity contribution in [3.63, 3.8) is 0 Å². The molecule has 16 heavy (non-hydrogen) atoms. The Balaban J connectivity index is 2.44. The van der Waals surface area contributed by atoms with Gasteiger partial charge >= 0.3 is 5.97 Å². The highest BCUT2D eigenvalue weighted by Gasteiger charge is 2.26. The van der Waals surface area contributed by atoms with Crippen molar-refractivity contribution in [1.29, 1.82) is 0 Å². The van der Waals surface area contributed by atoms with Crippen LogP contribution in [0.4, 0.5) is 5.69 Å². The van der Waals surface area contributed by atoms with Crippen molar-refractivity contribution in [2.24, 2.45) is 0 Å². The fraction of sp³-hybridized carbons (Fsp3) is 0.462. The fourth-order valence-electron chi connectivity index (χ4n) is 2.41. The van der Waals surface area contributed by atoms with Crippen molar-refractivity contribution >= 4 is 11.7 Å². The van der Waals surface area contributed by atoms with Crippen LogP contribution in [0.25, 0.3) is 0 Å². The minimum absolute atomic E-state index is 0.383. The lowest BCUT2D eigenvalue weighted by Crippen LogP contribution is -2.20. The van der Waals surface area contributed by atoms with E-state index in [0.29, 0.717) is 11.5 Å². The van der Waals surface area contributed by atoms with Gasteiger partial charge in [0.2, 0.25) is 0 Å². The minimum atomic E-state index is -0.848. The standard InChI is InChI=1S/C13H17NO2/c1-3-9-8-14(4-2)12-7-10(13(15)16)5-6-11(9)12/h5-7,9H,3-4,8H2,1-2H3,(H,15,16). The quantitative estimate of drug-likeness (QED) is 0.849. The van der Waals surface area contributed by atoms with E-state index in [1.165, 1.54) is 5.56 Å². The van der Waals surface area contributed by atoms with Gasteiger partial charge in [-0.25, -0.2) is 4.79 Å². The Morgan fingerprint density at radius 1 is 1.50 bits per heavy atom. The lowest BCUT2D eigenvalue weighted by molar-refractivity contribution is 0.0697. The van der Waals surface area contributed by atoms with Gasteiger partial charge in [-0.15, -0.1) is 0 Å². The minimum Gasteiger partial charge on any atom is -0.478 e. The number of rotatable bonds is 3. The third kappa shape index (κ3) is 1.66. The molecular weight excluding hydrogens is 202 g/mol. The molecule has 1 aromatic carbocycles. The third-order valence-electron chi connectivity index (χ3n) is 3.37. The Morgan fingerprint density at radius 3 is 2.81 bits per heavy atom. The van der Waals surface area contributed by atoms with Crippen molar-refractivity contribution in [3.8, 4) is 0 Å². The van der Waals surface area contributed by atoms with Gasteiger partial charge in [0.15, 0.2) is 0 Å². The Hall–Kier alpha value is -1.51. The summed E-state index contributed by atoms with van der Waals surface area (Å²) in [6.07, 6.45) is 1.11. The number of carboxylic acids is 1. The van der Waals surface area contributed by atoms with Crippen LogP contribution >= 0.6 is 0 Å². The van der Waals surface area contributed by atoms with Crippen LogP contribution in [0.3, 0.4) is 0 Å². The Labute approximate surface area is 95.7 Å². The third-order valence-corrected chi connectivity index (χ3v) is 3.37. The zero-order chi connectivity index (χ0) is 11.7. The largest absolute Gasteiger partial charge is 0.478 e. The van der Waals surface area contributed by atoms with Gasteiger partial charge in [-0.1, -0.05) is 13.0 Å². The summed E-state index contributed by atoms with van der Waals surface area (Å²) in [5, 5.41) is 8.98. The maximum atomic E-state index is 10.9. The van der Waals surface area contributed by atoms with Crippen LogP contribution in [-0.4, -0.2) is 24.2 Å². The van der Waals surface area contributed by atoms with Gasteiger partial charge in [0.05, 0.1) is 5.56 Å². The van der Waals surface area contributed by atoms with Crippen molar-refractivity contribution in [2.45, 2.75) is 26.2 Å². The summed E-state index contributed by atoms with van der Waals surface area (Å²) >= 11 is 0.